The Labute approximate surface area is 247 Å². The number of rotatable bonds is 18. The Bertz CT molecular complexity index is 1170. The van der Waals surface area contributed by atoms with Gasteiger partial charge < -0.3 is 33.7 Å². The SMILES string of the molecule is COC(=O)COc1cc(C(=O)N/N=C/CCOCc2ccc(OCCNC(=O)OCC[Si](C)(C)C)cc2)ccc1OC. The lowest BCUT2D eigenvalue weighted by Crippen LogP contribution is -2.30. The number of methoxy groups -OCH3 is 2. The third-order valence-electron chi connectivity index (χ3n) is 5.57. The Morgan fingerprint density at radius 2 is 1.69 bits per heavy atom. The van der Waals surface area contributed by atoms with Crippen LogP contribution in [0.15, 0.2) is 47.6 Å². The number of hydrogen-bond donors (Lipinski definition) is 2. The summed E-state index contributed by atoms with van der Waals surface area (Å²) in [6, 6.07) is 13.0. The lowest BCUT2D eigenvalue weighted by atomic mass is 10.2. The van der Waals surface area contributed by atoms with E-state index in [9.17, 15) is 14.4 Å². The van der Waals surface area contributed by atoms with Gasteiger partial charge in [0.15, 0.2) is 18.1 Å². The van der Waals surface area contributed by atoms with Gasteiger partial charge in [-0.15, -0.1) is 0 Å². The Balaban J connectivity index is 1.61. The average molecular weight is 604 g/mol. The van der Waals surface area contributed by atoms with Gasteiger partial charge in [0.1, 0.15) is 12.4 Å². The molecule has 0 aliphatic rings. The first-order chi connectivity index (χ1) is 20.1. The second-order valence-electron chi connectivity index (χ2n) is 10.2. The van der Waals surface area contributed by atoms with Crippen LogP contribution in [-0.2, 0) is 25.6 Å². The van der Waals surface area contributed by atoms with Crippen LogP contribution in [0.4, 0.5) is 4.79 Å². The van der Waals surface area contributed by atoms with Crippen LogP contribution in [0.1, 0.15) is 22.3 Å². The summed E-state index contributed by atoms with van der Waals surface area (Å²) in [6.45, 7) is 8.32. The highest BCUT2D eigenvalue weighted by atomic mass is 28.3. The lowest BCUT2D eigenvalue weighted by molar-refractivity contribution is -0.142. The number of hydrogen-bond acceptors (Lipinski definition) is 10. The van der Waals surface area contributed by atoms with E-state index in [1.807, 2.05) is 24.3 Å². The van der Waals surface area contributed by atoms with Crippen LogP contribution in [0.2, 0.25) is 25.7 Å². The van der Waals surface area contributed by atoms with E-state index >= 15 is 0 Å². The average Bonchev–Trinajstić information content (AvgIpc) is 2.97. The third-order valence-corrected chi connectivity index (χ3v) is 7.27. The van der Waals surface area contributed by atoms with Crippen LogP contribution in [0.25, 0.3) is 0 Å². The van der Waals surface area contributed by atoms with Crippen molar-refractivity contribution < 1.29 is 42.8 Å². The molecule has 0 aromatic heterocycles. The number of nitrogens with zero attached hydrogens (tertiary/aromatic N) is 1. The number of carbonyl (C=O) groups excluding carboxylic acids is 3. The predicted octanol–water partition coefficient (Wildman–Crippen LogP) is 4.01. The Morgan fingerprint density at radius 1 is 0.929 bits per heavy atom. The molecule has 0 aliphatic carbocycles. The maximum atomic E-state index is 12.4. The molecule has 2 N–H and O–H groups in total. The van der Waals surface area contributed by atoms with Gasteiger partial charge in [-0.25, -0.2) is 15.0 Å². The van der Waals surface area contributed by atoms with Crippen LogP contribution in [-0.4, -0.2) is 79.5 Å². The number of alkyl carbamates (subject to hydrolysis) is 1. The minimum atomic E-state index is -1.23. The summed E-state index contributed by atoms with van der Waals surface area (Å²) < 4.78 is 31.6. The zero-order chi connectivity index (χ0) is 30.8. The molecule has 0 saturated heterocycles. The Kier molecular flexibility index (Phi) is 14.9. The summed E-state index contributed by atoms with van der Waals surface area (Å²) in [5.41, 5.74) is 3.69. The monoisotopic (exact) mass is 603 g/mol. The van der Waals surface area contributed by atoms with Gasteiger partial charge in [0.05, 0.1) is 40.6 Å². The standard InChI is InChI=1S/C29H41N3O9Si/c1-36-25-12-9-23(19-26(25)41-21-27(33)37-2)28(34)32-31-13-6-15-38-20-22-7-10-24(11-8-22)39-16-14-30-29(35)40-17-18-42(3,4)5/h7-13,19H,6,14-18,20-21H2,1-5H3,(H,30,35)(H,32,34)/b31-13+. The molecule has 230 valence electrons. The molecular formula is C29H41N3O9Si. The fourth-order valence-electron chi connectivity index (χ4n) is 3.19. The van der Waals surface area contributed by atoms with Crippen molar-refractivity contribution in [3.05, 3.63) is 53.6 Å². The largest absolute Gasteiger partial charge is 0.493 e. The highest BCUT2D eigenvalue weighted by Crippen LogP contribution is 2.28. The second kappa shape index (κ2) is 18.4. The molecule has 13 heteroatoms. The maximum Gasteiger partial charge on any atom is 0.407 e. The molecule has 0 bridgehead atoms. The van der Waals surface area contributed by atoms with Crippen LogP contribution in [0.3, 0.4) is 0 Å². The third kappa shape index (κ3) is 14.0. The number of nitrogens with one attached hydrogen (secondary N) is 2. The topological polar surface area (TPSA) is 143 Å². The van der Waals surface area contributed by atoms with Gasteiger partial charge in [-0.1, -0.05) is 31.8 Å². The van der Waals surface area contributed by atoms with Gasteiger partial charge in [-0.3, -0.25) is 4.79 Å². The van der Waals surface area contributed by atoms with Gasteiger partial charge in [0.2, 0.25) is 0 Å². The molecular weight excluding hydrogens is 562 g/mol. The van der Waals surface area contributed by atoms with E-state index < -0.39 is 26.0 Å². The quantitative estimate of drug-likeness (QED) is 0.0849. The highest BCUT2D eigenvalue weighted by Gasteiger charge is 2.14. The second-order valence-corrected chi connectivity index (χ2v) is 15.8. The molecule has 42 heavy (non-hydrogen) atoms. The van der Waals surface area contributed by atoms with Crippen LogP contribution in [0.5, 0.6) is 17.2 Å². The van der Waals surface area contributed by atoms with E-state index in [-0.39, 0.29) is 17.9 Å². The van der Waals surface area contributed by atoms with Crippen LogP contribution < -0.4 is 25.0 Å². The first-order valence-corrected chi connectivity index (χ1v) is 17.2. The molecule has 0 spiro atoms. The van der Waals surface area contributed by atoms with Crippen molar-refractivity contribution in [3.8, 4) is 17.2 Å². The first-order valence-electron chi connectivity index (χ1n) is 13.5. The smallest absolute Gasteiger partial charge is 0.407 e. The van der Waals surface area contributed by atoms with E-state index in [2.05, 4.69) is 40.2 Å². The van der Waals surface area contributed by atoms with Gasteiger partial charge in [-0.05, 0) is 41.9 Å². The summed E-state index contributed by atoms with van der Waals surface area (Å²) >= 11 is 0. The molecule has 0 unspecified atom stereocenters. The predicted molar refractivity (Wildman–Crippen MR) is 160 cm³/mol. The molecule has 0 atom stereocenters. The van der Waals surface area contributed by atoms with Crippen molar-refractivity contribution in [3.63, 3.8) is 0 Å². The van der Waals surface area contributed by atoms with Gasteiger partial charge >= 0.3 is 12.1 Å². The number of ether oxygens (including phenoxy) is 6. The van der Waals surface area contributed by atoms with E-state index in [4.69, 9.17) is 23.7 Å². The van der Waals surface area contributed by atoms with Crippen LogP contribution >= 0.6 is 0 Å². The van der Waals surface area contributed by atoms with E-state index in [1.54, 1.807) is 18.3 Å². The van der Waals surface area contributed by atoms with Gasteiger partial charge in [0.25, 0.3) is 5.91 Å². The lowest BCUT2D eigenvalue weighted by Gasteiger charge is -2.15. The van der Waals surface area contributed by atoms with E-state index in [1.165, 1.54) is 20.3 Å². The number of benzene rings is 2. The number of carbonyl (C=O) groups is 3. The molecule has 0 heterocycles. The number of hydrazone groups is 1. The number of esters is 1. The molecule has 2 aromatic carbocycles. The molecule has 2 aromatic rings. The fourth-order valence-corrected chi connectivity index (χ4v) is 3.91. The molecule has 0 fully saturated rings. The molecule has 0 saturated carbocycles. The summed E-state index contributed by atoms with van der Waals surface area (Å²) in [5.74, 6) is 0.285. The molecule has 2 amide bonds. The molecule has 2 rings (SSSR count). The van der Waals surface area contributed by atoms with Crippen molar-refractivity contribution in [2.75, 3.05) is 47.2 Å². The zero-order valence-electron chi connectivity index (χ0n) is 24.9. The van der Waals surface area contributed by atoms with E-state index in [0.717, 1.165) is 11.6 Å². The fraction of sp³-hybridized carbons (Fsp3) is 0.448. The van der Waals surface area contributed by atoms with Gasteiger partial charge in [-0.2, -0.15) is 5.10 Å². The van der Waals surface area contributed by atoms with Crippen molar-refractivity contribution in [1.82, 2.24) is 10.7 Å². The Morgan fingerprint density at radius 3 is 2.38 bits per heavy atom. The normalized spacial score (nSPS) is 11.1. The van der Waals surface area contributed by atoms with Gasteiger partial charge in [0, 0.05) is 26.3 Å². The Hall–Kier alpha value is -4.10. The summed E-state index contributed by atoms with van der Waals surface area (Å²) in [7, 11) is 1.48. The van der Waals surface area contributed by atoms with Crippen molar-refractivity contribution >= 4 is 32.3 Å². The zero-order valence-corrected chi connectivity index (χ0v) is 25.9. The molecule has 12 nitrogen and oxygen atoms in total. The number of amides is 2. The maximum absolute atomic E-state index is 12.4. The summed E-state index contributed by atoms with van der Waals surface area (Å²) in [5, 5.41) is 6.62. The molecule has 0 aliphatic heterocycles. The first kappa shape index (κ1) is 34.1. The minimum absolute atomic E-state index is 0.231. The van der Waals surface area contributed by atoms with Crippen molar-refractivity contribution in [1.29, 1.82) is 0 Å². The van der Waals surface area contributed by atoms with Crippen molar-refractivity contribution in [2.24, 2.45) is 5.10 Å². The van der Waals surface area contributed by atoms with Crippen LogP contribution in [0, 0.1) is 0 Å². The minimum Gasteiger partial charge on any atom is -0.493 e. The van der Waals surface area contributed by atoms with Crippen molar-refractivity contribution in [2.45, 2.75) is 38.7 Å². The van der Waals surface area contributed by atoms with E-state index in [0.29, 0.717) is 50.9 Å². The highest BCUT2D eigenvalue weighted by molar-refractivity contribution is 6.76. The molecule has 0 radical (unpaired) electrons. The summed E-state index contributed by atoms with van der Waals surface area (Å²) in [4.78, 5) is 35.4. The summed E-state index contributed by atoms with van der Waals surface area (Å²) in [6.07, 6.45) is 1.61.